The monoisotopic (exact) mass is 442 g/mol. The number of rotatable bonds is 8. The van der Waals surface area contributed by atoms with Gasteiger partial charge in [-0.2, -0.15) is 0 Å². The molecule has 29 heavy (non-hydrogen) atoms. The van der Waals surface area contributed by atoms with Gasteiger partial charge in [0.05, 0.1) is 30.7 Å². The minimum absolute atomic E-state index is 0.217. The van der Waals surface area contributed by atoms with Gasteiger partial charge >= 0.3 is 0 Å². The van der Waals surface area contributed by atoms with Gasteiger partial charge < -0.3 is 14.8 Å². The van der Waals surface area contributed by atoms with Gasteiger partial charge in [-0.05, 0) is 48.9 Å². The Morgan fingerprint density at radius 2 is 2.00 bits per heavy atom. The first-order valence-corrected chi connectivity index (χ1v) is 10.7. The van der Waals surface area contributed by atoms with Crippen molar-refractivity contribution in [1.29, 1.82) is 0 Å². The topological polar surface area (TPSA) is 93.7 Å². The van der Waals surface area contributed by atoms with Gasteiger partial charge in [0, 0.05) is 11.8 Å². The Kier molecular flexibility index (Phi) is 7.46. The molecule has 0 aliphatic rings. The molecule has 2 aromatic rings. The summed E-state index contributed by atoms with van der Waals surface area (Å²) in [4.78, 5) is 12.2. The maximum absolute atomic E-state index is 13.7. The molecule has 2 N–H and O–H groups in total. The zero-order valence-electron chi connectivity index (χ0n) is 16.0. The summed E-state index contributed by atoms with van der Waals surface area (Å²) in [5.41, 5.74) is 0.552. The highest BCUT2D eigenvalue weighted by molar-refractivity contribution is 7.92. The van der Waals surface area contributed by atoms with Crippen LogP contribution in [0.4, 0.5) is 15.8 Å². The van der Waals surface area contributed by atoms with Crippen LogP contribution in [0, 0.1) is 5.82 Å². The Morgan fingerprint density at radius 3 is 2.62 bits per heavy atom. The molecule has 0 aliphatic heterocycles. The van der Waals surface area contributed by atoms with E-state index in [4.69, 9.17) is 21.1 Å². The maximum Gasteiger partial charge on any atom is 0.248 e. The summed E-state index contributed by atoms with van der Waals surface area (Å²) in [6.07, 6.45) is 3.66. The second kappa shape index (κ2) is 9.62. The molecule has 0 heterocycles. The van der Waals surface area contributed by atoms with Crippen molar-refractivity contribution < 1.29 is 27.1 Å². The molecular formula is C19H20ClFN2O5S. The minimum Gasteiger partial charge on any atom is -0.493 e. The van der Waals surface area contributed by atoms with E-state index in [1.807, 2.05) is 11.6 Å². The van der Waals surface area contributed by atoms with Crippen LogP contribution in [-0.2, 0) is 14.8 Å². The second-order valence-electron chi connectivity index (χ2n) is 5.86. The zero-order chi connectivity index (χ0) is 21.6. The lowest BCUT2D eigenvalue weighted by atomic mass is 10.2. The van der Waals surface area contributed by atoms with E-state index in [0.717, 1.165) is 12.3 Å². The summed E-state index contributed by atoms with van der Waals surface area (Å²) in [5.74, 6) is -0.434. The summed E-state index contributed by atoms with van der Waals surface area (Å²) >= 11 is 6.19. The molecule has 0 bridgehead atoms. The van der Waals surface area contributed by atoms with Crippen LogP contribution < -0.4 is 19.5 Å². The van der Waals surface area contributed by atoms with Crippen molar-refractivity contribution in [2.45, 2.75) is 6.92 Å². The predicted molar refractivity (Wildman–Crippen MR) is 112 cm³/mol. The quantitative estimate of drug-likeness (QED) is 0.604. The number of hydrogen-bond donors (Lipinski definition) is 2. The molecule has 10 heteroatoms. The molecule has 0 spiro atoms. The number of anilines is 2. The molecule has 0 unspecified atom stereocenters. The number of methoxy groups -OCH3 is 1. The van der Waals surface area contributed by atoms with E-state index in [-0.39, 0.29) is 11.4 Å². The van der Waals surface area contributed by atoms with Crippen molar-refractivity contribution in [1.82, 2.24) is 0 Å². The lowest BCUT2D eigenvalue weighted by Gasteiger charge is -2.12. The molecule has 0 radical (unpaired) electrons. The molecule has 0 aliphatic carbocycles. The summed E-state index contributed by atoms with van der Waals surface area (Å²) in [6.45, 7) is 2.24. The van der Waals surface area contributed by atoms with E-state index in [2.05, 4.69) is 5.32 Å². The van der Waals surface area contributed by atoms with Crippen LogP contribution in [0.15, 0.2) is 36.4 Å². The number of carbonyl (C=O) groups excluding carboxylic acids is 1. The Hall–Kier alpha value is -2.78. The Bertz CT molecular complexity index is 1040. The highest BCUT2D eigenvalue weighted by Crippen LogP contribution is 2.36. The Morgan fingerprint density at radius 1 is 1.28 bits per heavy atom. The van der Waals surface area contributed by atoms with Gasteiger partial charge in [-0.25, -0.2) is 12.8 Å². The predicted octanol–water partition coefficient (Wildman–Crippen LogP) is 3.91. The summed E-state index contributed by atoms with van der Waals surface area (Å²) in [7, 11) is -2.18. The van der Waals surface area contributed by atoms with Crippen molar-refractivity contribution in [3.8, 4) is 11.5 Å². The van der Waals surface area contributed by atoms with E-state index in [1.165, 1.54) is 31.4 Å². The molecule has 156 valence electrons. The van der Waals surface area contributed by atoms with Crippen LogP contribution in [-0.4, -0.2) is 34.3 Å². The number of halogens is 2. The molecule has 2 rings (SSSR count). The van der Waals surface area contributed by atoms with Gasteiger partial charge in [0.15, 0.2) is 11.5 Å². The first-order chi connectivity index (χ1) is 13.6. The van der Waals surface area contributed by atoms with Crippen LogP contribution in [0.25, 0.3) is 6.08 Å². The molecule has 1 amide bonds. The van der Waals surface area contributed by atoms with Crippen molar-refractivity contribution in [2.24, 2.45) is 0 Å². The maximum atomic E-state index is 13.7. The number of ether oxygens (including phenoxy) is 2. The van der Waals surface area contributed by atoms with Crippen molar-refractivity contribution >= 4 is 45.0 Å². The van der Waals surface area contributed by atoms with E-state index in [0.29, 0.717) is 28.7 Å². The molecule has 0 saturated carbocycles. The Balaban J connectivity index is 2.16. The first-order valence-electron chi connectivity index (χ1n) is 8.39. The normalized spacial score (nSPS) is 11.3. The third-order valence-electron chi connectivity index (χ3n) is 3.50. The van der Waals surface area contributed by atoms with E-state index >= 15 is 0 Å². The summed E-state index contributed by atoms with van der Waals surface area (Å²) in [6, 6.07) is 6.81. The van der Waals surface area contributed by atoms with Crippen LogP contribution in [0.3, 0.4) is 0 Å². The van der Waals surface area contributed by atoms with Crippen molar-refractivity contribution in [3.63, 3.8) is 0 Å². The SMILES string of the molecule is CCOc1c(Cl)cc(/C=C/C(=O)Nc2ccc(F)c(NS(C)(=O)=O)c2)cc1OC. The molecule has 2 aromatic carbocycles. The molecular weight excluding hydrogens is 423 g/mol. The highest BCUT2D eigenvalue weighted by Gasteiger charge is 2.12. The van der Waals surface area contributed by atoms with E-state index in [9.17, 15) is 17.6 Å². The number of nitrogens with one attached hydrogen (secondary N) is 2. The molecule has 0 fully saturated rings. The third kappa shape index (κ3) is 6.65. The number of sulfonamides is 1. The van der Waals surface area contributed by atoms with Gasteiger partial charge in [0.25, 0.3) is 0 Å². The number of benzene rings is 2. The summed E-state index contributed by atoms with van der Waals surface area (Å²) < 4.78 is 49.0. The van der Waals surface area contributed by atoms with E-state index in [1.54, 1.807) is 12.1 Å². The zero-order valence-corrected chi connectivity index (χ0v) is 17.5. The Labute approximate surface area is 173 Å². The van der Waals surface area contributed by atoms with Crippen LogP contribution in [0.5, 0.6) is 11.5 Å². The van der Waals surface area contributed by atoms with Crippen LogP contribution in [0.1, 0.15) is 12.5 Å². The van der Waals surface area contributed by atoms with Gasteiger partial charge in [0.1, 0.15) is 5.82 Å². The number of amides is 1. The number of hydrogen-bond acceptors (Lipinski definition) is 5. The average molecular weight is 443 g/mol. The first kappa shape index (κ1) is 22.5. The lowest BCUT2D eigenvalue weighted by Crippen LogP contribution is -2.12. The lowest BCUT2D eigenvalue weighted by molar-refractivity contribution is -0.111. The molecule has 0 atom stereocenters. The van der Waals surface area contributed by atoms with Gasteiger partial charge in [-0.3, -0.25) is 9.52 Å². The van der Waals surface area contributed by atoms with Gasteiger partial charge in [0.2, 0.25) is 15.9 Å². The smallest absolute Gasteiger partial charge is 0.248 e. The van der Waals surface area contributed by atoms with Gasteiger partial charge in [-0.1, -0.05) is 11.6 Å². The second-order valence-corrected chi connectivity index (χ2v) is 8.01. The number of carbonyl (C=O) groups is 1. The average Bonchev–Trinajstić information content (AvgIpc) is 2.63. The van der Waals surface area contributed by atoms with E-state index < -0.39 is 21.7 Å². The molecule has 0 aromatic heterocycles. The van der Waals surface area contributed by atoms with Crippen molar-refractivity contribution in [3.05, 3.63) is 52.8 Å². The fraction of sp³-hybridized carbons (Fsp3) is 0.211. The standard InChI is InChI=1S/C19H20ClFN2O5S/c1-4-28-19-14(20)9-12(10-17(19)27-2)5-8-18(24)22-13-6-7-15(21)16(11-13)23-29(3,25)26/h5-11,23H,4H2,1-3H3,(H,22,24)/b8-5+. The molecule has 0 saturated heterocycles. The highest BCUT2D eigenvalue weighted by atomic mass is 35.5. The fourth-order valence-electron chi connectivity index (χ4n) is 2.36. The minimum atomic E-state index is -3.66. The van der Waals surface area contributed by atoms with Crippen LogP contribution in [0.2, 0.25) is 5.02 Å². The molecule has 7 nitrogen and oxygen atoms in total. The van der Waals surface area contributed by atoms with Crippen molar-refractivity contribution in [2.75, 3.05) is 30.0 Å². The van der Waals surface area contributed by atoms with Gasteiger partial charge in [-0.15, -0.1) is 0 Å². The van der Waals surface area contributed by atoms with Crippen LogP contribution >= 0.6 is 11.6 Å². The summed E-state index contributed by atoms with van der Waals surface area (Å²) in [5, 5.41) is 2.86. The third-order valence-corrected chi connectivity index (χ3v) is 4.37. The largest absolute Gasteiger partial charge is 0.493 e. The fourth-order valence-corrected chi connectivity index (χ4v) is 3.19.